The van der Waals surface area contributed by atoms with Gasteiger partial charge >= 0.3 is 0 Å². The number of amides is 1. The standard InChI is InChI=1S/C19H19NO3S2/c1-22-14-4-5-15-13(11-14)12-16(23-15)19(21)20-7-6-18(25-10-8-20)17-3-2-9-24-17/h2-5,9,11-12,18H,6-8,10H2,1H3. The number of furan rings is 1. The van der Waals surface area contributed by atoms with Crippen LogP contribution in [0.2, 0.25) is 0 Å². The summed E-state index contributed by atoms with van der Waals surface area (Å²) in [6.45, 7) is 1.51. The molecule has 0 spiro atoms. The van der Waals surface area contributed by atoms with E-state index in [4.69, 9.17) is 9.15 Å². The van der Waals surface area contributed by atoms with Gasteiger partial charge in [0, 0.05) is 34.4 Å². The molecule has 25 heavy (non-hydrogen) atoms. The van der Waals surface area contributed by atoms with Crippen LogP contribution in [0, 0.1) is 0 Å². The lowest BCUT2D eigenvalue weighted by Gasteiger charge is -2.18. The Morgan fingerprint density at radius 2 is 2.20 bits per heavy atom. The van der Waals surface area contributed by atoms with Crippen LogP contribution >= 0.6 is 23.1 Å². The van der Waals surface area contributed by atoms with Gasteiger partial charge in [0.2, 0.25) is 0 Å². The first kappa shape index (κ1) is 16.5. The predicted octanol–water partition coefficient (Wildman–Crippen LogP) is 4.82. The average Bonchev–Trinajstić information content (AvgIpc) is 3.25. The zero-order valence-electron chi connectivity index (χ0n) is 13.9. The van der Waals surface area contributed by atoms with E-state index >= 15 is 0 Å². The topological polar surface area (TPSA) is 42.7 Å². The molecule has 3 heterocycles. The van der Waals surface area contributed by atoms with Crippen LogP contribution < -0.4 is 4.74 Å². The van der Waals surface area contributed by atoms with Crippen molar-refractivity contribution in [2.45, 2.75) is 11.7 Å². The van der Waals surface area contributed by atoms with Crippen LogP contribution in [0.5, 0.6) is 5.75 Å². The minimum absolute atomic E-state index is 0.0254. The van der Waals surface area contributed by atoms with E-state index in [-0.39, 0.29) is 5.91 Å². The van der Waals surface area contributed by atoms with E-state index in [0.717, 1.165) is 36.4 Å². The van der Waals surface area contributed by atoms with Crippen molar-refractivity contribution in [2.75, 3.05) is 26.0 Å². The number of carbonyl (C=O) groups is 1. The van der Waals surface area contributed by atoms with Gasteiger partial charge in [0.15, 0.2) is 5.76 Å². The van der Waals surface area contributed by atoms with Gasteiger partial charge in [-0.2, -0.15) is 11.8 Å². The maximum Gasteiger partial charge on any atom is 0.289 e. The molecular formula is C19H19NO3S2. The Labute approximate surface area is 154 Å². The number of rotatable bonds is 3. The summed E-state index contributed by atoms with van der Waals surface area (Å²) in [6, 6.07) is 11.7. The lowest BCUT2D eigenvalue weighted by Crippen LogP contribution is -2.32. The van der Waals surface area contributed by atoms with Gasteiger partial charge in [0.1, 0.15) is 11.3 Å². The molecule has 130 valence electrons. The van der Waals surface area contributed by atoms with E-state index in [0.29, 0.717) is 16.6 Å². The zero-order valence-corrected chi connectivity index (χ0v) is 15.6. The fourth-order valence-corrected chi connectivity index (χ4v) is 5.32. The summed E-state index contributed by atoms with van der Waals surface area (Å²) < 4.78 is 11.0. The maximum atomic E-state index is 12.9. The van der Waals surface area contributed by atoms with E-state index in [2.05, 4.69) is 17.5 Å². The molecule has 1 saturated heterocycles. The van der Waals surface area contributed by atoms with Crippen molar-refractivity contribution in [2.24, 2.45) is 0 Å². The van der Waals surface area contributed by atoms with Crippen molar-refractivity contribution < 1.29 is 13.9 Å². The van der Waals surface area contributed by atoms with Crippen molar-refractivity contribution in [3.63, 3.8) is 0 Å². The van der Waals surface area contributed by atoms with Crippen LogP contribution in [-0.4, -0.2) is 36.8 Å². The first-order valence-corrected chi connectivity index (χ1v) is 10.2. The highest BCUT2D eigenvalue weighted by molar-refractivity contribution is 7.99. The normalized spacial score (nSPS) is 18.3. The molecule has 6 heteroatoms. The van der Waals surface area contributed by atoms with E-state index in [1.807, 2.05) is 40.9 Å². The highest BCUT2D eigenvalue weighted by atomic mass is 32.2. The molecular weight excluding hydrogens is 354 g/mol. The van der Waals surface area contributed by atoms with Gasteiger partial charge in [-0.3, -0.25) is 4.79 Å². The van der Waals surface area contributed by atoms with E-state index < -0.39 is 0 Å². The Bertz CT molecular complexity index is 872. The van der Waals surface area contributed by atoms with Gasteiger partial charge in [-0.1, -0.05) is 6.07 Å². The molecule has 0 saturated carbocycles. The second kappa shape index (κ2) is 7.14. The van der Waals surface area contributed by atoms with Crippen molar-refractivity contribution >= 4 is 40.0 Å². The number of thioether (sulfide) groups is 1. The number of fused-ring (bicyclic) bond motifs is 1. The second-order valence-corrected chi connectivity index (χ2v) is 8.26. The fourth-order valence-electron chi connectivity index (χ4n) is 3.08. The van der Waals surface area contributed by atoms with Crippen LogP contribution in [0.1, 0.15) is 27.1 Å². The lowest BCUT2D eigenvalue weighted by molar-refractivity contribution is 0.0737. The Hall–Kier alpha value is -1.92. The summed E-state index contributed by atoms with van der Waals surface area (Å²) in [5, 5.41) is 3.49. The predicted molar refractivity (Wildman–Crippen MR) is 103 cm³/mol. The minimum Gasteiger partial charge on any atom is -0.497 e. The molecule has 1 atom stereocenters. The third-order valence-corrected chi connectivity index (χ3v) is 6.87. The Morgan fingerprint density at radius 1 is 1.28 bits per heavy atom. The molecule has 1 unspecified atom stereocenters. The summed E-state index contributed by atoms with van der Waals surface area (Å²) in [5.41, 5.74) is 0.713. The molecule has 1 fully saturated rings. The monoisotopic (exact) mass is 373 g/mol. The SMILES string of the molecule is COc1ccc2oc(C(=O)N3CCSC(c4cccs4)CC3)cc2c1. The highest BCUT2D eigenvalue weighted by Gasteiger charge is 2.25. The number of hydrogen-bond donors (Lipinski definition) is 0. The summed E-state index contributed by atoms with van der Waals surface area (Å²) in [7, 11) is 1.63. The van der Waals surface area contributed by atoms with E-state index in [1.54, 1.807) is 18.4 Å². The number of carbonyl (C=O) groups excluding carboxylic acids is 1. The molecule has 4 rings (SSSR count). The average molecular weight is 373 g/mol. The molecule has 4 nitrogen and oxygen atoms in total. The molecule has 0 aliphatic carbocycles. The molecule has 2 aromatic heterocycles. The smallest absolute Gasteiger partial charge is 0.289 e. The third-order valence-electron chi connectivity index (χ3n) is 4.42. The Kier molecular flexibility index (Phi) is 4.72. The van der Waals surface area contributed by atoms with Crippen LogP contribution in [0.3, 0.4) is 0 Å². The summed E-state index contributed by atoms with van der Waals surface area (Å²) in [5.74, 6) is 2.09. The van der Waals surface area contributed by atoms with Gasteiger partial charge in [-0.15, -0.1) is 11.3 Å². The molecule has 0 N–H and O–H groups in total. The van der Waals surface area contributed by atoms with Crippen LogP contribution in [0.15, 0.2) is 46.2 Å². The highest BCUT2D eigenvalue weighted by Crippen LogP contribution is 2.37. The third kappa shape index (κ3) is 3.41. The fraction of sp³-hybridized carbons (Fsp3) is 0.316. The van der Waals surface area contributed by atoms with Crippen molar-refractivity contribution in [3.8, 4) is 5.75 Å². The number of benzene rings is 1. The van der Waals surface area contributed by atoms with E-state index in [1.165, 1.54) is 4.88 Å². The number of hydrogen-bond acceptors (Lipinski definition) is 5. The summed E-state index contributed by atoms with van der Waals surface area (Å²) in [4.78, 5) is 16.2. The first-order valence-electron chi connectivity index (χ1n) is 8.26. The Balaban J connectivity index is 1.50. The van der Waals surface area contributed by atoms with Crippen molar-refractivity contribution in [3.05, 3.63) is 52.4 Å². The molecule has 1 amide bonds. The van der Waals surface area contributed by atoms with Crippen LogP contribution in [-0.2, 0) is 0 Å². The minimum atomic E-state index is -0.0254. The number of nitrogens with zero attached hydrogens (tertiary/aromatic N) is 1. The maximum absolute atomic E-state index is 12.9. The number of thiophene rings is 1. The van der Waals surface area contributed by atoms with Crippen LogP contribution in [0.25, 0.3) is 11.0 Å². The van der Waals surface area contributed by atoms with Crippen molar-refractivity contribution in [1.29, 1.82) is 0 Å². The quantitative estimate of drug-likeness (QED) is 0.660. The van der Waals surface area contributed by atoms with Gasteiger partial charge < -0.3 is 14.1 Å². The summed E-state index contributed by atoms with van der Waals surface area (Å²) >= 11 is 3.73. The molecule has 3 aromatic rings. The van der Waals surface area contributed by atoms with Gasteiger partial charge in [0.25, 0.3) is 5.91 Å². The molecule has 0 bridgehead atoms. The lowest BCUT2D eigenvalue weighted by atomic mass is 10.2. The number of methoxy groups -OCH3 is 1. The second-order valence-electron chi connectivity index (χ2n) is 5.97. The molecule has 1 aromatic carbocycles. The number of ether oxygens (including phenoxy) is 1. The van der Waals surface area contributed by atoms with Crippen molar-refractivity contribution in [1.82, 2.24) is 4.90 Å². The molecule has 1 aliphatic rings. The molecule has 1 aliphatic heterocycles. The first-order chi connectivity index (χ1) is 12.2. The van der Waals surface area contributed by atoms with Gasteiger partial charge in [0.05, 0.1) is 7.11 Å². The largest absolute Gasteiger partial charge is 0.497 e. The Morgan fingerprint density at radius 3 is 3.00 bits per heavy atom. The van der Waals surface area contributed by atoms with Gasteiger partial charge in [-0.05, 0) is 42.1 Å². The molecule has 0 radical (unpaired) electrons. The zero-order chi connectivity index (χ0) is 17.2. The van der Waals surface area contributed by atoms with Gasteiger partial charge in [-0.25, -0.2) is 0 Å². The van der Waals surface area contributed by atoms with E-state index in [9.17, 15) is 4.79 Å². The summed E-state index contributed by atoms with van der Waals surface area (Å²) in [6.07, 6.45) is 0.977. The van der Waals surface area contributed by atoms with Crippen LogP contribution in [0.4, 0.5) is 0 Å².